The Morgan fingerprint density at radius 2 is 1.54 bits per heavy atom. The maximum atomic E-state index is 13.1. The van der Waals surface area contributed by atoms with E-state index in [4.69, 9.17) is 11.6 Å². The van der Waals surface area contributed by atoms with Gasteiger partial charge in [-0.3, -0.25) is 4.79 Å². The van der Waals surface area contributed by atoms with E-state index in [-0.39, 0.29) is 11.3 Å². The molecule has 1 saturated heterocycles. The van der Waals surface area contributed by atoms with Gasteiger partial charge in [0.25, 0.3) is 0 Å². The molecule has 1 heterocycles. The molecule has 0 aliphatic carbocycles. The van der Waals surface area contributed by atoms with Gasteiger partial charge < -0.3 is 5.32 Å². The fraction of sp³-hybridized carbons (Fsp3) is 0.100. The van der Waals surface area contributed by atoms with Crippen LogP contribution in [0.15, 0.2) is 65.9 Å². The Bertz CT molecular complexity index is 1010. The van der Waals surface area contributed by atoms with Crippen molar-refractivity contribution in [3.63, 3.8) is 0 Å². The van der Waals surface area contributed by atoms with Crippen molar-refractivity contribution in [3.8, 4) is 18.2 Å². The van der Waals surface area contributed by atoms with Crippen LogP contribution >= 0.6 is 11.6 Å². The molecule has 6 heteroatoms. The molecule has 5 nitrogen and oxygen atoms in total. The first kappa shape index (κ1) is 17.2. The van der Waals surface area contributed by atoms with E-state index in [1.54, 1.807) is 66.7 Å². The summed E-state index contributed by atoms with van der Waals surface area (Å²) in [6, 6.07) is 21.1. The standard InChI is InChI=1S/C20H11ClN4O/c21-16-8-6-15(7-9-16)20(14-4-2-1-3-5-14)17(12-24)18(25-19(20)26)13(10-22)11-23/h1-9,17H,(H,25,26). The van der Waals surface area contributed by atoms with Crippen LogP contribution in [0.3, 0.4) is 0 Å². The molecule has 2 aromatic carbocycles. The van der Waals surface area contributed by atoms with E-state index in [1.165, 1.54) is 0 Å². The minimum absolute atomic E-state index is 0.0290. The quantitative estimate of drug-likeness (QED) is 0.833. The smallest absolute Gasteiger partial charge is 0.241 e. The monoisotopic (exact) mass is 358 g/mol. The predicted molar refractivity (Wildman–Crippen MR) is 94.2 cm³/mol. The van der Waals surface area contributed by atoms with Crippen molar-refractivity contribution in [1.29, 1.82) is 15.8 Å². The molecule has 0 aromatic heterocycles. The fourth-order valence-corrected chi connectivity index (χ4v) is 3.46. The van der Waals surface area contributed by atoms with Crippen molar-refractivity contribution in [2.24, 2.45) is 5.92 Å². The van der Waals surface area contributed by atoms with Gasteiger partial charge in [0.15, 0.2) is 0 Å². The predicted octanol–water partition coefficient (Wildman–Crippen LogP) is 3.20. The third kappa shape index (κ3) is 2.42. The number of carbonyl (C=O) groups is 1. The minimum atomic E-state index is -1.38. The second kappa shape index (κ2) is 6.73. The van der Waals surface area contributed by atoms with Crippen molar-refractivity contribution >= 4 is 17.5 Å². The number of amides is 1. The Morgan fingerprint density at radius 1 is 0.962 bits per heavy atom. The van der Waals surface area contributed by atoms with Gasteiger partial charge in [0.1, 0.15) is 29.0 Å². The van der Waals surface area contributed by atoms with Crippen LogP contribution in [-0.4, -0.2) is 5.91 Å². The highest BCUT2D eigenvalue weighted by molar-refractivity contribution is 6.30. The summed E-state index contributed by atoms with van der Waals surface area (Å²) < 4.78 is 0. The van der Waals surface area contributed by atoms with E-state index in [9.17, 15) is 20.6 Å². The average Bonchev–Trinajstić information content (AvgIpc) is 2.97. The van der Waals surface area contributed by atoms with Crippen LogP contribution < -0.4 is 5.32 Å². The van der Waals surface area contributed by atoms with Gasteiger partial charge in [-0.05, 0) is 23.3 Å². The van der Waals surface area contributed by atoms with Crippen molar-refractivity contribution in [1.82, 2.24) is 5.32 Å². The van der Waals surface area contributed by atoms with Crippen LogP contribution in [0.25, 0.3) is 0 Å². The zero-order chi connectivity index (χ0) is 18.7. The first-order valence-corrected chi connectivity index (χ1v) is 8.04. The lowest BCUT2D eigenvalue weighted by atomic mass is 9.66. The number of allylic oxidation sites excluding steroid dienone is 2. The summed E-state index contributed by atoms with van der Waals surface area (Å²) in [5, 5.41) is 31.4. The summed E-state index contributed by atoms with van der Waals surface area (Å²) in [6.07, 6.45) is 0. The Labute approximate surface area is 155 Å². The number of carbonyl (C=O) groups excluding carboxylic acids is 1. The second-order valence-corrected chi connectivity index (χ2v) is 6.15. The molecule has 1 aliphatic rings. The van der Waals surface area contributed by atoms with Gasteiger partial charge in [-0.2, -0.15) is 15.8 Å². The summed E-state index contributed by atoms with van der Waals surface area (Å²) >= 11 is 5.98. The van der Waals surface area contributed by atoms with Crippen LogP contribution in [0.4, 0.5) is 0 Å². The normalized spacial score (nSPS) is 21.2. The van der Waals surface area contributed by atoms with E-state index in [0.29, 0.717) is 16.1 Å². The van der Waals surface area contributed by atoms with Crippen LogP contribution in [0.1, 0.15) is 11.1 Å². The van der Waals surface area contributed by atoms with E-state index in [0.717, 1.165) is 0 Å². The van der Waals surface area contributed by atoms with E-state index in [1.807, 2.05) is 0 Å². The molecule has 1 fully saturated rings. The topological polar surface area (TPSA) is 100 Å². The van der Waals surface area contributed by atoms with Gasteiger partial charge >= 0.3 is 0 Å². The molecular weight excluding hydrogens is 348 g/mol. The van der Waals surface area contributed by atoms with Crippen LogP contribution in [0.2, 0.25) is 5.02 Å². The number of hydrogen-bond donors (Lipinski definition) is 1. The summed E-state index contributed by atoms with van der Waals surface area (Å²) in [6.45, 7) is 0. The molecule has 1 aliphatic heterocycles. The van der Waals surface area contributed by atoms with Gasteiger partial charge in [-0.1, -0.05) is 54.1 Å². The minimum Gasteiger partial charge on any atom is -0.325 e. The molecule has 0 spiro atoms. The molecule has 0 saturated carbocycles. The van der Waals surface area contributed by atoms with Gasteiger partial charge in [-0.15, -0.1) is 0 Å². The number of rotatable bonds is 2. The lowest BCUT2D eigenvalue weighted by Gasteiger charge is -2.30. The maximum Gasteiger partial charge on any atom is 0.241 e. The highest BCUT2D eigenvalue weighted by Crippen LogP contribution is 2.47. The number of nitriles is 3. The summed E-state index contributed by atoms with van der Waals surface area (Å²) in [4.78, 5) is 13.1. The molecule has 2 atom stereocenters. The van der Waals surface area contributed by atoms with Crippen LogP contribution in [0, 0.1) is 39.9 Å². The lowest BCUT2D eigenvalue weighted by Crippen LogP contribution is -2.40. The fourth-order valence-electron chi connectivity index (χ4n) is 3.33. The van der Waals surface area contributed by atoms with Crippen molar-refractivity contribution in [2.45, 2.75) is 5.41 Å². The zero-order valence-corrected chi connectivity index (χ0v) is 14.2. The van der Waals surface area contributed by atoms with E-state index < -0.39 is 17.2 Å². The van der Waals surface area contributed by atoms with Crippen LogP contribution in [-0.2, 0) is 10.2 Å². The van der Waals surface area contributed by atoms with Gasteiger partial charge in [0.05, 0.1) is 11.8 Å². The summed E-state index contributed by atoms with van der Waals surface area (Å²) in [7, 11) is 0. The largest absolute Gasteiger partial charge is 0.325 e. The first-order valence-electron chi connectivity index (χ1n) is 7.66. The average molecular weight is 359 g/mol. The number of nitrogens with one attached hydrogen (secondary N) is 1. The molecule has 1 N–H and O–H groups in total. The highest BCUT2D eigenvalue weighted by Gasteiger charge is 2.56. The molecule has 124 valence electrons. The third-order valence-corrected chi connectivity index (χ3v) is 4.73. The van der Waals surface area contributed by atoms with E-state index >= 15 is 0 Å². The lowest BCUT2D eigenvalue weighted by molar-refractivity contribution is -0.123. The number of benzene rings is 2. The summed E-state index contributed by atoms with van der Waals surface area (Å²) in [5.74, 6) is -1.51. The van der Waals surface area contributed by atoms with Crippen molar-refractivity contribution in [3.05, 3.63) is 82.0 Å². The number of nitrogens with zero attached hydrogens (tertiary/aromatic N) is 3. The SMILES string of the molecule is N#CC(C#N)=C1NC(=O)C(c2ccccc2)(c2ccc(Cl)cc2)C1C#N. The molecule has 0 bridgehead atoms. The molecule has 0 radical (unpaired) electrons. The van der Waals surface area contributed by atoms with E-state index in [2.05, 4.69) is 11.4 Å². The maximum absolute atomic E-state index is 13.1. The Kier molecular flexibility index (Phi) is 4.46. The van der Waals surface area contributed by atoms with Gasteiger partial charge in [-0.25, -0.2) is 0 Å². The molecular formula is C20H11ClN4O. The van der Waals surface area contributed by atoms with Gasteiger partial charge in [0.2, 0.25) is 5.91 Å². The Hall–Kier alpha value is -3.59. The third-order valence-electron chi connectivity index (χ3n) is 4.48. The Morgan fingerprint density at radius 3 is 2.08 bits per heavy atom. The molecule has 2 unspecified atom stereocenters. The summed E-state index contributed by atoms with van der Waals surface area (Å²) in [5.41, 5.74) is -0.480. The molecule has 3 rings (SSSR count). The number of halogens is 1. The molecule has 1 amide bonds. The number of hydrogen-bond acceptors (Lipinski definition) is 4. The Balaban J connectivity index is 2.39. The first-order chi connectivity index (χ1) is 12.6. The zero-order valence-electron chi connectivity index (χ0n) is 13.4. The second-order valence-electron chi connectivity index (χ2n) is 5.71. The molecule has 2 aromatic rings. The van der Waals surface area contributed by atoms with Crippen molar-refractivity contribution in [2.75, 3.05) is 0 Å². The highest BCUT2D eigenvalue weighted by atomic mass is 35.5. The van der Waals surface area contributed by atoms with Crippen molar-refractivity contribution < 1.29 is 4.79 Å². The molecule has 26 heavy (non-hydrogen) atoms. The van der Waals surface area contributed by atoms with Gasteiger partial charge in [0, 0.05) is 5.02 Å². The van der Waals surface area contributed by atoms with Crippen LogP contribution in [0.5, 0.6) is 0 Å².